The van der Waals surface area contributed by atoms with Crippen molar-refractivity contribution in [1.82, 2.24) is 25.2 Å². The van der Waals surface area contributed by atoms with Crippen molar-refractivity contribution in [3.05, 3.63) is 88.4 Å². The van der Waals surface area contributed by atoms with Gasteiger partial charge in [-0.1, -0.05) is 5.16 Å². The highest BCUT2D eigenvalue weighted by molar-refractivity contribution is 5.89. The Morgan fingerprint density at radius 2 is 2.00 bits per heavy atom. The molecule has 0 radical (unpaired) electrons. The van der Waals surface area contributed by atoms with E-state index in [4.69, 9.17) is 8.94 Å². The van der Waals surface area contributed by atoms with Gasteiger partial charge in [-0.15, -0.1) is 0 Å². The van der Waals surface area contributed by atoms with Crippen LogP contribution in [0.25, 0.3) is 11.3 Å². The van der Waals surface area contributed by atoms with Gasteiger partial charge in [0.15, 0.2) is 5.82 Å². The fraction of sp³-hybridized carbons (Fsp3) is 0.190. The van der Waals surface area contributed by atoms with Crippen LogP contribution in [0.1, 0.15) is 29.2 Å². The highest BCUT2D eigenvalue weighted by Gasteiger charge is 2.18. The van der Waals surface area contributed by atoms with Crippen LogP contribution in [0.5, 0.6) is 0 Å². The minimum atomic E-state index is -0.529. The van der Waals surface area contributed by atoms with E-state index in [-0.39, 0.29) is 35.7 Å². The summed E-state index contributed by atoms with van der Waals surface area (Å²) in [6.07, 6.45) is 2.07. The lowest BCUT2D eigenvalue weighted by Crippen LogP contribution is -2.34. The van der Waals surface area contributed by atoms with Crippen LogP contribution in [0.2, 0.25) is 0 Å². The molecule has 31 heavy (non-hydrogen) atoms. The zero-order valence-corrected chi connectivity index (χ0v) is 16.5. The number of nitrogens with one attached hydrogen (secondary N) is 1. The number of carbonyl (C=O) groups excluding carboxylic acids is 1. The maximum absolute atomic E-state index is 13.1. The Bertz CT molecular complexity index is 1230. The largest absolute Gasteiger partial charge is 0.469 e. The van der Waals surface area contributed by atoms with E-state index in [1.54, 1.807) is 30.5 Å². The van der Waals surface area contributed by atoms with Crippen molar-refractivity contribution < 1.29 is 18.1 Å². The molecule has 9 nitrogen and oxygen atoms in total. The molecule has 1 amide bonds. The Morgan fingerprint density at radius 3 is 2.74 bits per heavy atom. The van der Waals surface area contributed by atoms with E-state index in [1.165, 1.54) is 18.2 Å². The molecule has 0 saturated heterocycles. The van der Waals surface area contributed by atoms with Gasteiger partial charge >= 0.3 is 11.8 Å². The summed E-state index contributed by atoms with van der Waals surface area (Å²) in [6.45, 7) is 1.73. The Morgan fingerprint density at radius 1 is 1.19 bits per heavy atom. The molecule has 3 heterocycles. The second-order valence-electron chi connectivity index (χ2n) is 6.90. The molecule has 0 spiro atoms. The Balaban J connectivity index is 1.44. The molecule has 1 atom stereocenters. The number of carbonyl (C=O) groups is 1. The summed E-state index contributed by atoms with van der Waals surface area (Å²) in [5.74, 6) is -0.254. The molecular formula is C21H18FN5O4. The molecule has 0 aliphatic carbocycles. The number of hydrogen-bond donors (Lipinski definition) is 1. The first kappa shape index (κ1) is 20.2. The van der Waals surface area contributed by atoms with Crippen molar-refractivity contribution >= 4 is 5.91 Å². The monoisotopic (exact) mass is 423 g/mol. The summed E-state index contributed by atoms with van der Waals surface area (Å²) in [7, 11) is 0. The molecule has 0 fully saturated rings. The molecule has 1 aromatic carbocycles. The predicted octanol–water partition coefficient (Wildman–Crippen LogP) is 2.43. The second kappa shape index (κ2) is 8.74. The lowest BCUT2D eigenvalue weighted by atomic mass is 10.1. The van der Waals surface area contributed by atoms with E-state index >= 15 is 0 Å². The predicted molar refractivity (Wildman–Crippen MR) is 107 cm³/mol. The van der Waals surface area contributed by atoms with Crippen LogP contribution in [0, 0.1) is 5.82 Å². The maximum atomic E-state index is 13.1. The van der Waals surface area contributed by atoms with Crippen molar-refractivity contribution in [2.75, 3.05) is 0 Å². The van der Waals surface area contributed by atoms with Crippen LogP contribution in [-0.4, -0.2) is 31.9 Å². The first-order valence-corrected chi connectivity index (χ1v) is 9.48. The molecule has 0 aliphatic rings. The van der Waals surface area contributed by atoms with Gasteiger partial charge in [-0.2, -0.15) is 10.1 Å². The highest BCUT2D eigenvalue weighted by Crippen LogP contribution is 2.15. The van der Waals surface area contributed by atoms with E-state index in [0.717, 1.165) is 10.4 Å². The molecule has 158 valence electrons. The molecule has 1 N–H and O–H groups in total. The van der Waals surface area contributed by atoms with Gasteiger partial charge in [0.25, 0.3) is 5.56 Å². The standard InChI is InChI=1S/C21H18FN5O4/c1-13(11-16-3-2-10-30-16)23-20(29)21-24-18(26-31-21)12-27-19(28)9-8-17(25-27)14-4-6-15(22)7-5-14/h2-10,13H,11-12H2,1H3,(H,23,29)/t13-/m1/s1. The topological polar surface area (TPSA) is 116 Å². The number of nitrogens with zero attached hydrogens (tertiary/aromatic N) is 4. The van der Waals surface area contributed by atoms with E-state index < -0.39 is 5.91 Å². The molecular weight excluding hydrogens is 405 g/mol. The van der Waals surface area contributed by atoms with Gasteiger partial charge in [-0.05, 0) is 49.4 Å². The second-order valence-corrected chi connectivity index (χ2v) is 6.90. The summed E-state index contributed by atoms with van der Waals surface area (Å²) in [5, 5.41) is 10.8. The Labute approximate surface area is 175 Å². The van der Waals surface area contributed by atoms with Gasteiger partial charge in [-0.25, -0.2) is 9.07 Å². The molecule has 0 unspecified atom stereocenters. The van der Waals surface area contributed by atoms with E-state index in [0.29, 0.717) is 17.7 Å². The van der Waals surface area contributed by atoms with Gasteiger partial charge in [-0.3, -0.25) is 9.59 Å². The molecule has 0 saturated carbocycles. The fourth-order valence-corrected chi connectivity index (χ4v) is 2.95. The van der Waals surface area contributed by atoms with Gasteiger partial charge in [0.1, 0.15) is 18.1 Å². The van der Waals surface area contributed by atoms with Crippen LogP contribution < -0.4 is 10.9 Å². The third kappa shape index (κ3) is 4.92. The first-order valence-electron chi connectivity index (χ1n) is 9.48. The lowest BCUT2D eigenvalue weighted by molar-refractivity contribution is 0.0895. The highest BCUT2D eigenvalue weighted by atomic mass is 19.1. The number of rotatable bonds is 7. The normalized spacial score (nSPS) is 11.9. The smallest absolute Gasteiger partial charge is 0.316 e. The van der Waals surface area contributed by atoms with Gasteiger partial charge < -0.3 is 14.3 Å². The van der Waals surface area contributed by atoms with Crippen molar-refractivity contribution in [1.29, 1.82) is 0 Å². The summed E-state index contributed by atoms with van der Waals surface area (Å²) >= 11 is 0. The summed E-state index contributed by atoms with van der Waals surface area (Å²) in [5.41, 5.74) is 0.746. The first-order chi connectivity index (χ1) is 15.0. The molecule has 0 bridgehead atoms. The number of hydrogen-bond acceptors (Lipinski definition) is 7. The van der Waals surface area contributed by atoms with Gasteiger partial charge in [0, 0.05) is 24.1 Å². The minimum Gasteiger partial charge on any atom is -0.469 e. The maximum Gasteiger partial charge on any atom is 0.316 e. The summed E-state index contributed by atoms with van der Waals surface area (Å²) in [6, 6.07) is 12.0. The Hall–Kier alpha value is -4.08. The zero-order chi connectivity index (χ0) is 21.8. The lowest BCUT2D eigenvalue weighted by Gasteiger charge is -2.10. The quantitative estimate of drug-likeness (QED) is 0.485. The third-order valence-electron chi connectivity index (χ3n) is 4.43. The van der Waals surface area contributed by atoms with E-state index in [2.05, 4.69) is 20.6 Å². The molecule has 10 heteroatoms. The third-order valence-corrected chi connectivity index (χ3v) is 4.43. The minimum absolute atomic E-state index is 0.0907. The van der Waals surface area contributed by atoms with E-state index in [1.807, 2.05) is 13.0 Å². The average molecular weight is 423 g/mol. The summed E-state index contributed by atoms with van der Waals surface area (Å²) in [4.78, 5) is 28.5. The molecule has 3 aromatic heterocycles. The van der Waals surface area contributed by atoms with E-state index in [9.17, 15) is 14.0 Å². The molecule has 4 aromatic rings. The van der Waals surface area contributed by atoms with Crippen molar-refractivity contribution in [3.63, 3.8) is 0 Å². The van der Waals surface area contributed by atoms with Crippen molar-refractivity contribution in [3.8, 4) is 11.3 Å². The van der Waals surface area contributed by atoms with Crippen molar-refractivity contribution in [2.45, 2.75) is 25.9 Å². The van der Waals surface area contributed by atoms with Crippen LogP contribution in [-0.2, 0) is 13.0 Å². The van der Waals surface area contributed by atoms with Crippen LogP contribution in [0.15, 0.2) is 68.5 Å². The number of aromatic nitrogens is 4. The number of amides is 1. The number of halogens is 1. The van der Waals surface area contributed by atoms with Crippen LogP contribution >= 0.6 is 0 Å². The van der Waals surface area contributed by atoms with Crippen LogP contribution in [0.3, 0.4) is 0 Å². The van der Waals surface area contributed by atoms with Crippen LogP contribution in [0.4, 0.5) is 4.39 Å². The molecule has 0 aliphatic heterocycles. The number of furan rings is 1. The zero-order valence-electron chi connectivity index (χ0n) is 16.5. The average Bonchev–Trinajstić information content (AvgIpc) is 3.42. The Kier molecular flexibility index (Phi) is 5.69. The van der Waals surface area contributed by atoms with Gasteiger partial charge in [0.2, 0.25) is 0 Å². The summed E-state index contributed by atoms with van der Waals surface area (Å²) < 4.78 is 24.6. The fourth-order valence-electron chi connectivity index (χ4n) is 2.95. The SMILES string of the molecule is C[C@H](Cc1ccco1)NC(=O)c1nc(Cn2nc(-c3ccc(F)cc3)ccc2=O)no1. The number of benzene rings is 1. The molecule has 4 rings (SSSR count). The van der Waals surface area contributed by atoms with Gasteiger partial charge in [0.05, 0.1) is 12.0 Å². The van der Waals surface area contributed by atoms with Crippen molar-refractivity contribution in [2.24, 2.45) is 0 Å².